The summed E-state index contributed by atoms with van der Waals surface area (Å²) < 4.78 is 0. The normalized spacial score (nSPS) is 10.5. The fourth-order valence-corrected chi connectivity index (χ4v) is 2.16. The van der Waals surface area contributed by atoms with Crippen molar-refractivity contribution in [1.29, 1.82) is 0 Å². The van der Waals surface area contributed by atoms with E-state index in [1.807, 2.05) is 12.1 Å². The number of amides is 3. The molecule has 0 spiro atoms. The number of carbonyl (C=O) groups is 3. The van der Waals surface area contributed by atoms with E-state index in [9.17, 15) is 14.4 Å². The van der Waals surface area contributed by atoms with Gasteiger partial charge in [-0.1, -0.05) is 35.9 Å². The molecule has 134 valence electrons. The molecule has 0 fully saturated rings. The van der Waals surface area contributed by atoms with Crippen LogP contribution in [0.4, 0.5) is 0 Å². The number of halogens is 1. The van der Waals surface area contributed by atoms with Crippen LogP contribution in [0.2, 0.25) is 5.02 Å². The van der Waals surface area contributed by atoms with Crippen LogP contribution in [-0.4, -0.2) is 24.3 Å². The van der Waals surface area contributed by atoms with Gasteiger partial charge in [-0.25, -0.2) is 0 Å². The summed E-state index contributed by atoms with van der Waals surface area (Å²) in [7, 11) is 0. The van der Waals surface area contributed by atoms with E-state index in [0.717, 1.165) is 11.1 Å². The molecule has 26 heavy (non-hydrogen) atoms. The Morgan fingerprint density at radius 3 is 2.23 bits per heavy atom. The SMILES string of the molecule is NC(=O)CNC(=O)c1ccc(CNC(=O)/C=C/c2ccc(Cl)cc2)cc1. The topological polar surface area (TPSA) is 101 Å². The van der Waals surface area contributed by atoms with Gasteiger partial charge in [0.15, 0.2) is 0 Å². The maximum atomic E-state index is 11.8. The van der Waals surface area contributed by atoms with Gasteiger partial charge in [-0.15, -0.1) is 0 Å². The lowest BCUT2D eigenvalue weighted by Crippen LogP contribution is -2.33. The lowest BCUT2D eigenvalue weighted by molar-refractivity contribution is -0.117. The molecular formula is C19H18ClN3O3. The van der Waals surface area contributed by atoms with Crippen molar-refractivity contribution < 1.29 is 14.4 Å². The lowest BCUT2D eigenvalue weighted by Gasteiger charge is -2.05. The van der Waals surface area contributed by atoms with E-state index in [4.69, 9.17) is 17.3 Å². The number of hydrogen-bond acceptors (Lipinski definition) is 3. The molecule has 2 rings (SSSR count). The molecule has 3 amide bonds. The fourth-order valence-electron chi connectivity index (χ4n) is 2.04. The molecule has 2 aromatic carbocycles. The molecule has 0 saturated heterocycles. The molecule has 0 atom stereocenters. The molecule has 4 N–H and O–H groups in total. The number of primary amides is 1. The fraction of sp³-hybridized carbons (Fsp3) is 0.105. The van der Waals surface area contributed by atoms with Crippen molar-refractivity contribution in [3.05, 3.63) is 76.3 Å². The van der Waals surface area contributed by atoms with Crippen molar-refractivity contribution in [2.45, 2.75) is 6.54 Å². The molecule has 0 aliphatic rings. The van der Waals surface area contributed by atoms with Gasteiger partial charge in [0.2, 0.25) is 11.8 Å². The van der Waals surface area contributed by atoms with Crippen LogP contribution in [0.5, 0.6) is 0 Å². The molecule has 6 nitrogen and oxygen atoms in total. The molecule has 0 aliphatic carbocycles. The number of rotatable bonds is 7. The summed E-state index contributed by atoms with van der Waals surface area (Å²) in [6.07, 6.45) is 3.13. The average Bonchev–Trinajstić information content (AvgIpc) is 2.64. The van der Waals surface area contributed by atoms with Crippen LogP contribution in [0, 0.1) is 0 Å². The van der Waals surface area contributed by atoms with Crippen molar-refractivity contribution in [2.24, 2.45) is 5.73 Å². The Morgan fingerprint density at radius 1 is 0.962 bits per heavy atom. The van der Waals surface area contributed by atoms with Crippen LogP contribution in [0.15, 0.2) is 54.6 Å². The van der Waals surface area contributed by atoms with Gasteiger partial charge >= 0.3 is 0 Å². The second-order valence-electron chi connectivity index (χ2n) is 5.45. The van der Waals surface area contributed by atoms with Gasteiger partial charge in [-0.3, -0.25) is 14.4 Å². The largest absolute Gasteiger partial charge is 0.368 e. The lowest BCUT2D eigenvalue weighted by atomic mass is 10.1. The zero-order valence-corrected chi connectivity index (χ0v) is 14.6. The van der Waals surface area contributed by atoms with Crippen LogP contribution in [-0.2, 0) is 16.1 Å². The quantitative estimate of drug-likeness (QED) is 0.648. The van der Waals surface area contributed by atoms with Crippen molar-refractivity contribution in [2.75, 3.05) is 6.54 Å². The Morgan fingerprint density at radius 2 is 1.62 bits per heavy atom. The van der Waals surface area contributed by atoms with E-state index in [1.54, 1.807) is 42.5 Å². The summed E-state index contributed by atoms with van der Waals surface area (Å²) in [5, 5.41) is 5.80. The second kappa shape index (κ2) is 9.39. The standard InChI is InChI=1S/C19H18ClN3O3/c20-16-8-3-13(4-9-16)5-10-18(25)22-11-14-1-6-15(7-2-14)19(26)23-12-17(21)24/h1-10H,11-12H2,(H2,21,24)(H,22,25)(H,23,26)/b10-5+. The first-order valence-electron chi connectivity index (χ1n) is 7.81. The van der Waals surface area contributed by atoms with Crippen LogP contribution in [0.25, 0.3) is 6.08 Å². The van der Waals surface area contributed by atoms with E-state index in [-0.39, 0.29) is 18.4 Å². The van der Waals surface area contributed by atoms with Gasteiger partial charge in [-0.2, -0.15) is 0 Å². The zero-order chi connectivity index (χ0) is 18.9. The Hall–Kier alpha value is -3.12. The number of benzene rings is 2. The van der Waals surface area contributed by atoms with E-state index < -0.39 is 5.91 Å². The number of carbonyl (C=O) groups excluding carboxylic acids is 3. The molecule has 0 aliphatic heterocycles. The summed E-state index contributed by atoms with van der Waals surface area (Å²) >= 11 is 5.81. The monoisotopic (exact) mass is 371 g/mol. The van der Waals surface area contributed by atoms with Gasteiger partial charge in [0.25, 0.3) is 5.91 Å². The van der Waals surface area contributed by atoms with E-state index >= 15 is 0 Å². The third-order valence-corrected chi connectivity index (χ3v) is 3.66. The summed E-state index contributed by atoms with van der Waals surface area (Å²) in [6.45, 7) is 0.115. The van der Waals surface area contributed by atoms with E-state index in [0.29, 0.717) is 17.1 Å². The number of nitrogens with two attached hydrogens (primary N) is 1. The third kappa shape index (κ3) is 6.41. The Labute approximate surface area is 156 Å². The van der Waals surface area contributed by atoms with Gasteiger partial charge in [0.05, 0.1) is 6.54 Å². The summed E-state index contributed by atoms with van der Waals surface area (Å²) in [4.78, 5) is 34.3. The van der Waals surface area contributed by atoms with E-state index in [1.165, 1.54) is 6.08 Å². The van der Waals surface area contributed by atoms with Gasteiger partial charge in [-0.05, 0) is 41.5 Å². The van der Waals surface area contributed by atoms with Gasteiger partial charge < -0.3 is 16.4 Å². The first-order valence-corrected chi connectivity index (χ1v) is 8.19. The minimum atomic E-state index is -0.607. The highest BCUT2D eigenvalue weighted by molar-refractivity contribution is 6.30. The molecule has 0 heterocycles. The summed E-state index contributed by atoms with van der Waals surface area (Å²) in [6, 6.07) is 13.8. The van der Waals surface area contributed by atoms with Crippen molar-refractivity contribution >= 4 is 35.4 Å². The smallest absolute Gasteiger partial charge is 0.251 e. The van der Waals surface area contributed by atoms with Crippen LogP contribution >= 0.6 is 11.6 Å². The zero-order valence-electron chi connectivity index (χ0n) is 13.9. The summed E-state index contributed by atoms with van der Waals surface area (Å²) in [5.74, 6) is -1.22. The highest BCUT2D eigenvalue weighted by Crippen LogP contribution is 2.10. The van der Waals surface area contributed by atoms with Crippen molar-refractivity contribution in [3.63, 3.8) is 0 Å². The first-order chi connectivity index (χ1) is 12.4. The predicted molar refractivity (Wildman–Crippen MR) is 100 cm³/mol. The average molecular weight is 372 g/mol. The van der Waals surface area contributed by atoms with Crippen LogP contribution in [0.3, 0.4) is 0 Å². The third-order valence-electron chi connectivity index (χ3n) is 3.40. The number of nitrogens with one attached hydrogen (secondary N) is 2. The second-order valence-corrected chi connectivity index (χ2v) is 5.89. The maximum Gasteiger partial charge on any atom is 0.251 e. The molecule has 0 aromatic heterocycles. The molecule has 0 bridgehead atoms. The van der Waals surface area contributed by atoms with Crippen molar-refractivity contribution in [3.8, 4) is 0 Å². The molecule has 0 saturated carbocycles. The molecule has 2 aromatic rings. The molecular weight excluding hydrogens is 354 g/mol. The number of hydrogen-bond donors (Lipinski definition) is 3. The van der Waals surface area contributed by atoms with Crippen LogP contribution < -0.4 is 16.4 Å². The first kappa shape index (κ1) is 19.2. The minimum absolute atomic E-state index is 0.212. The Bertz CT molecular complexity index is 815. The predicted octanol–water partition coefficient (Wildman–Crippen LogP) is 1.88. The Balaban J connectivity index is 1.83. The van der Waals surface area contributed by atoms with Crippen LogP contribution in [0.1, 0.15) is 21.5 Å². The molecule has 0 radical (unpaired) electrons. The van der Waals surface area contributed by atoms with E-state index in [2.05, 4.69) is 10.6 Å². The Kier molecular flexibility index (Phi) is 6.93. The minimum Gasteiger partial charge on any atom is -0.368 e. The van der Waals surface area contributed by atoms with Gasteiger partial charge in [0, 0.05) is 23.2 Å². The molecule has 7 heteroatoms. The summed E-state index contributed by atoms with van der Waals surface area (Å²) in [5.41, 5.74) is 7.09. The highest BCUT2D eigenvalue weighted by Gasteiger charge is 2.06. The van der Waals surface area contributed by atoms with Gasteiger partial charge in [0.1, 0.15) is 0 Å². The maximum absolute atomic E-state index is 11.8. The van der Waals surface area contributed by atoms with Crippen molar-refractivity contribution in [1.82, 2.24) is 10.6 Å². The highest BCUT2D eigenvalue weighted by atomic mass is 35.5. The molecule has 0 unspecified atom stereocenters.